The molecule has 0 unspecified atom stereocenters. The summed E-state index contributed by atoms with van der Waals surface area (Å²) in [6, 6.07) is 5.47. The Hall–Kier alpha value is -2.64. The molecule has 2 heterocycles. The molecule has 0 radical (unpaired) electrons. The third kappa shape index (κ3) is 4.26. The molecular weight excluding hydrogens is 333 g/mol. The van der Waals surface area contributed by atoms with Crippen LogP contribution in [0.1, 0.15) is 40.2 Å². The molecule has 5 nitrogen and oxygen atoms in total. The van der Waals surface area contributed by atoms with E-state index in [1.807, 2.05) is 12.1 Å². The normalized spacial score (nSPS) is 14.2. The van der Waals surface area contributed by atoms with Crippen molar-refractivity contribution in [3.63, 3.8) is 0 Å². The highest BCUT2D eigenvalue weighted by Gasteiger charge is 2.34. The van der Waals surface area contributed by atoms with Crippen molar-refractivity contribution < 1.29 is 18.0 Å². The van der Waals surface area contributed by atoms with Gasteiger partial charge in [0.25, 0.3) is 5.91 Å². The molecule has 1 amide bonds. The van der Waals surface area contributed by atoms with Gasteiger partial charge in [0, 0.05) is 42.3 Å². The summed E-state index contributed by atoms with van der Waals surface area (Å²) in [4.78, 5) is 18.8. The quantitative estimate of drug-likeness (QED) is 0.892. The van der Waals surface area contributed by atoms with Crippen LogP contribution in [0.4, 0.5) is 18.9 Å². The Morgan fingerprint density at radius 3 is 2.68 bits per heavy atom. The standard InChI is InChI=1S/C17H17F3N4O/c18-17(19,20)16-23-9-11(10-24-16)8-22-15(25)13-4-5-14-12(7-13)3-1-2-6-21-14/h4-5,7,9-10,21H,1-3,6,8H2,(H,22,25). The maximum absolute atomic E-state index is 12.4. The number of alkyl halides is 3. The lowest BCUT2D eigenvalue weighted by Gasteiger charge is -2.10. The lowest BCUT2D eigenvalue weighted by Crippen LogP contribution is -2.23. The molecule has 0 bridgehead atoms. The molecule has 132 valence electrons. The molecule has 2 aromatic rings. The van der Waals surface area contributed by atoms with E-state index in [0.29, 0.717) is 11.1 Å². The largest absolute Gasteiger partial charge is 0.451 e. The average Bonchev–Trinajstić information content (AvgIpc) is 2.84. The van der Waals surface area contributed by atoms with Crippen LogP contribution < -0.4 is 10.6 Å². The Morgan fingerprint density at radius 1 is 1.20 bits per heavy atom. The van der Waals surface area contributed by atoms with E-state index in [9.17, 15) is 18.0 Å². The molecule has 1 aromatic carbocycles. The third-order valence-corrected chi connectivity index (χ3v) is 3.97. The Balaban J connectivity index is 1.64. The van der Waals surface area contributed by atoms with E-state index in [2.05, 4.69) is 20.6 Å². The van der Waals surface area contributed by atoms with Crippen LogP contribution in [0.15, 0.2) is 30.6 Å². The van der Waals surface area contributed by atoms with Crippen molar-refractivity contribution in [3.8, 4) is 0 Å². The number of rotatable bonds is 3. The zero-order chi connectivity index (χ0) is 17.9. The van der Waals surface area contributed by atoms with Crippen molar-refractivity contribution in [1.82, 2.24) is 15.3 Å². The highest BCUT2D eigenvalue weighted by atomic mass is 19.4. The Morgan fingerprint density at radius 2 is 1.96 bits per heavy atom. The van der Waals surface area contributed by atoms with Crippen LogP contribution in [0.2, 0.25) is 0 Å². The lowest BCUT2D eigenvalue weighted by molar-refractivity contribution is -0.145. The first-order valence-corrected chi connectivity index (χ1v) is 7.96. The van der Waals surface area contributed by atoms with Gasteiger partial charge in [-0.15, -0.1) is 0 Å². The number of halogens is 3. The summed E-state index contributed by atoms with van der Waals surface area (Å²) < 4.78 is 37.3. The van der Waals surface area contributed by atoms with Gasteiger partial charge in [-0.05, 0) is 43.0 Å². The van der Waals surface area contributed by atoms with Crippen molar-refractivity contribution in [2.75, 3.05) is 11.9 Å². The molecule has 1 aromatic heterocycles. The van der Waals surface area contributed by atoms with Crippen molar-refractivity contribution in [1.29, 1.82) is 0 Å². The van der Waals surface area contributed by atoms with Crippen LogP contribution in [0.25, 0.3) is 0 Å². The minimum absolute atomic E-state index is 0.0618. The maximum Gasteiger partial charge on any atom is 0.451 e. The highest BCUT2D eigenvalue weighted by molar-refractivity contribution is 5.94. The van der Waals surface area contributed by atoms with E-state index >= 15 is 0 Å². The topological polar surface area (TPSA) is 66.9 Å². The number of aryl methyl sites for hydroxylation is 1. The van der Waals surface area contributed by atoms with Gasteiger partial charge >= 0.3 is 6.18 Å². The summed E-state index contributed by atoms with van der Waals surface area (Å²) in [5, 5.41) is 6.00. The van der Waals surface area contributed by atoms with Crippen molar-refractivity contribution in [2.24, 2.45) is 0 Å². The molecule has 0 atom stereocenters. The third-order valence-electron chi connectivity index (χ3n) is 3.97. The molecule has 0 fully saturated rings. The number of benzene rings is 1. The Bertz CT molecular complexity index is 759. The van der Waals surface area contributed by atoms with Gasteiger partial charge in [-0.3, -0.25) is 4.79 Å². The molecule has 2 N–H and O–H groups in total. The Labute approximate surface area is 142 Å². The van der Waals surface area contributed by atoms with Gasteiger partial charge < -0.3 is 10.6 Å². The predicted octanol–water partition coefficient (Wildman–Crippen LogP) is 3.17. The summed E-state index contributed by atoms with van der Waals surface area (Å²) in [5.41, 5.74) is 3.07. The number of nitrogens with one attached hydrogen (secondary N) is 2. The fourth-order valence-electron chi connectivity index (χ4n) is 2.65. The maximum atomic E-state index is 12.4. The molecule has 8 heteroatoms. The van der Waals surface area contributed by atoms with Crippen LogP contribution >= 0.6 is 0 Å². The second-order valence-corrected chi connectivity index (χ2v) is 5.85. The van der Waals surface area contributed by atoms with Gasteiger partial charge in [0.1, 0.15) is 0 Å². The van der Waals surface area contributed by atoms with Crippen LogP contribution in [0.3, 0.4) is 0 Å². The number of hydrogen-bond acceptors (Lipinski definition) is 4. The predicted molar refractivity (Wildman–Crippen MR) is 86.1 cm³/mol. The van der Waals surface area contributed by atoms with E-state index in [1.165, 1.54) is 0 Å². The Kier molecular flexibility index (Phi) is 4.87. The zero-order valence-corrected chi connectivity index (χ0v) is 13.4. The SMILES string of the molecule is O=C(NCc1cnc(C(F)(F)F)nc1)c1ccc2c(c1)CCCCN2. The first-order chi connectivity index (χ1) is 11.9. The number of fused-ring (bicyclic) bond motifs is 1. The number of carbonyl (C=O) groups excluding carboxylic acids is 1. The molecule has 0 aliphatic carbocycles. The second-order valence-electron chi connectivity index (χ2n) is 5.85. The molecule has 1 aliphatic rings. The van der Waals surface area contributed by atoms with E-state index in [0.717, 1.165) is 49.5 Å². The lowest BCUT2D eigenvalue weighted by atomic mass is 10.0. The fraction of sp³-hybridized carbons (Fsp3) is 0.353. The number of nitrogens with zero attached hydrogens (tertiary/aromatic N) is 2. The highest BCUT2D eigenvalue weighted by Crippen LogP contribution is 2.25. The van der Waals surface area contributed by atoms with E-state index in [4.69, 9.17) is 0 Å². The van der Waals surface area contributed by atoms with Crippen molar-refractivity contribution in [2.45, 2.75) is 32.0 Å². The number of hydrogen-bond donors (Lipinski definition) is 2. The van der Waals surface area contributed by atoms with Crippen molar-refractivity contribution >= 4 is 11.6 Å². The smallest absolute Gasteiger partial charge is 0.385 e. The van der Waals surface area contributed by atoms with Gasteiger partial charge in [-0.2, -0.15) is 13.2 Å². The molecule has 0 saturated carbocycles. The minimum atomic E-state index is -4.57. The molecule has 0 spiro atoms. The van der Waals surface area contributed by atoms with Gasteiger partial charge in [0.05, 0.1) is 0 Å². The number of anilines is 1. The van der Waals surface area contributed by atoms with Crippen molar-refractivity contribution in [3.05, 3.63) is 53.1 Å². The van der Waals surface area contributed by atoms with E-state index < -0.39 is 12.0 Å². The fourth-order valence-corrected chi connectivity index (χ4v) is 2.65. The number of carbonyl (C=O) groups is 1. The second kappa shape index (κ2) is 7.08. The van der Waals surface area contributed by atoms with Crippen LogP contribution in [-0.2, 0) is 19.1 Å². The van der Waals surface area contributed by atoms with E-state index in [-0.39, 0.29) is 12.5 Å². The summed E-state index contributed by atoms with van der Waals surface area (Å²) in [6.07, 6.45) is 0.625. The first kappa shape index (κ1) is 17.2. The summed E-state index contributed by atoms with van der Waals surface area (Å²) in [5.74, 6) is -1.48. The molecular formula is C17H17F3N4O. The molecule has 3 rings (SSSR count). The van der Waals surface area contributed by atoms with Gasteiger partial charge in [0.15, 0.2) is 0 Å². The number of aromatic nitrogens is 2. The molecule has 1 aliphatic heterocycles. The summed E-state index contributed by atoms with van der Waals surface area (Å²) in [6.45, 7) is 0.985. The first-order valence-electron chi connectivity index (χ1n) is 7.96. The molecule has 25 heavy (non-hydrogen) atoms. The number of amides is 1. The summed E-state index contributed by atoms with van der Waals surface area (Å²) in [7, 11) is 0. The van der Waals surface area contributed by atoms with Gasteiger partial charge in [0.2, 0.25) is 5.82 Å². The summed E-state index contributed by atoms with van der Waals surface area (Å²) >= 11 is 0. The zero-order valence-electron chi connectivity index (χ0n) is 13.4. The minimum Gasteiger partial charge on any atom is -0.385 e. The van der Waals surface area contributed by atoms with Gasteiger partial charge in [-0.1, -0.05) is 0 Å². The van der Waals surface area contributed by atoms with E-state index in [1.54, 1.807) is 6.07 Å². The van der Waals surface area contributed by atoms with Crippen LogP contribution in [0, 0.1) is 0 Å². The average molecular weight is 350 g/mol. The molecule has 0 saturated heterocycles. The van der Waals surface area contributed by atoms with Gasteiger partial charge in [-0.25, -0.2) is 9.97 Å². The van der Waals surface area contributed by atoms with Crippen LogP contribution in [0.5, 0.6) is 0 Å². The van der Waals surface area contributed by atoms with Crippen LogP contribution in [-0.4, -0.2) is 22.4 Å². The monoisotopic (exact) mass is 350 g/mol.